The van der Waals surface area contributed by atoms with Gasteiger partial charge in [0.25, 0.3) is 5.56 Å². The molecule has 0 saturated heterocycles. The van der Waals surface area contributed by atoms with E-state index in [1.54, 1.807) is 4.57 Å². The molecule has 0 radical (unpaired) electrons. The van der Waals surface area contributed by atoms with Crippen LogP contribution in [0.4, 0.5) is 0 Å². The topological polar surface area (TPSA) is 47.2 Å². The molecule has 0 amide bonds. The molecule has 1 aliphatic rings. The Hall–Kier alpha value is -3.31. The van der Waals surface area contributed by atoms with Gasteiger partial charge in [0.2, 0.25) is 0 Å². The Morgan fingerprint density at radius 2 is 1.57 bits per heavy atom. The van der Waals surface area contributed by atoms with Crippen LogP contribution in [0.15, 0.2) is 93.1 Å². The van der Waals surface area contributed by atoms with Gasteiger partial charge in [-0.25, -0.2) is 4.98 Å². The zero-order chi connectivity index (χ0) is 20.7. The van der Waals surface area contributed by atoms with E-state index in [1.807, 2.05) is 85.8 Å². The summed E-state index contributed by atoms with van der Waals surface area (Å²) in [6, 6.07) is 25.7. The van der Waals surface area contributed by atoms with Crippen molar-refractivity contribution in [2.24, 2.45) is 4.99 Å². The van der Waals surface area contributed by atoms with Crippen molar-refractivity contribution in [1.82, 2.24) is 9.55 Å². The number of aromatic nitrogens is 2. The fourth-order valence-electron chi connectivity index (χ4n) is 3.68. The van der Waals surface area contributed by atoms with Crippen LogP contribution in [0.2, 0.25) is 0 Å². The monoisotopic (exact) mass is 455 g/mol. The summed E-state index contributed by atoms with van der Waals surface area (Å²) in [5.41, 5.74) is 5.81. The number of fused-ring (bicyclic) bond motifs is 1. The molecule has 3 aromatic carbocycles. The lowest BCUT2D eigenvalue weighted by molar-refractivity contribution is 0.903. The Labute approximate surface area is 182 Å². The predicted octanol–water partition coefficient (Wildman–Crippen LogP) is 5.32. The highest BCUT2D eigenvalue weighted by molar-refractivity contribution is 9.10. The van der Waals surface area contributed by atoms with Crippen LogP contribution in [-0.4, -0.2) is 15.3 Å². The van der Waals surface area contributed by atoms with Crippen LogP contribution >= 0.6 is 15.9 Å². The Kier molecular flexibility index (Phi) is 4.68. The van der Waals surface area contributed by atoms with E-state index in [-0.39, 0.29) is 5.56 Å². The van der Waals surface area contributed by atoms with E-state index < -0.39 is 0 Å². The molecule has 0 fully saturated rings. The molecule has 0 spiro atoms. The lowest BCUT2D eigenvalue weighted by Crippen LogP contribution is -2.27. The summed E-state index contributed by atoms with van der Waals surface area (Å²) >= 11 is 3.47. The minimum atomic E-state index is -0.0763. The molecule has 0 aliphatic carbocycles. The van der Waals surface area contributed by atoms with Crippen LogP contribution in [0.5, 0.6) is 0 Å². The van der Waals surface area contributed by atoms with Crippen LogP contribution < -0.4 is 5.56 Å². The number of hydrogen-bond donors (Lipinski definition) is 0. The second kappa shape index (κ2) is 7.50. The third-order valence-electron chi connectivity index (χ3n) is 5.24. The highest BCUT2D eigenvalue weighted by Crippen LogP contribution is 2.26. The molecule has 1 aromatic heterocycles. The number of aryl methyl sites for hydroxylation is 1. The van der Waals surface area contributed by atoms with E-state index in [0.29, 0.717) is 23.6 Å². The van der Waals surface area contributed by atoms with Gasteiger partial charge in [-0.15, -0.1) is 0 Å². The molecule has 4 nitrogen and oxygen atoms in total. The molecular weight excluding hydrogens is 438 g/mol. The Morgan fingerprint density at radius 3 is 2.27 bits per heavy atom. The van der Waals surface area contributed by atoms with Crippen LogP contribution in [0.25, 0.3) is 17.1 Å². The molecule has 5 rings (SSSR count). The van der Waals surface area contributed by atoms with Gasteiger partial charge < -0.3 is 0 Å². The lowest BCUT2D eigenvalue weighted by Gasteiger charge is -2.15. The van der Waals surface area contributed by atoms with E-state index in [2.05, 4.69) is 20.9 Å². The number of hydrogen-bond acceptors (Lipinski definition) is 3. The molecule has 1 aliphatic heterocycles. The normalized spacial score (nSPS) is 12.5. The van der Waals surface area contributed by atoms with Crippen molar-refractivity contribution in [3.63, 3.8) is 0 Å². The van der Waals surface area contributed by atoms with Gasteiger partial charge >= 0.3 is 0 Å². The molecule has 0 bridgehead atoms. The van der Waals surface area contributed by atoms with Gasteiger partial charge in [-0.3, -0.25) is 14.4 Å². The van der Waals surface area contributed by atoms with Crippen molar-refractivity contribution < 1.29 is 0 Å². The second-order valence-corrected chi connectivity index (χ2v) is 8.19. The third kappa shape index (κ3) is 3.21. The summed E-state index contributed by atoms with van der Waals surface area (Å²) < 4.78 is 2.65. The summed E-state index contributed by atoms with van der Waals surface area (Å²) in [7, 11) is 0. The van der Waals surface area contributed by atoms with E-state index in [1.165, 1.54) is 0 Å². The van der Waals surface area contributed by atoms with Gasteiger partial charge in [0.1, 0.15) is 11.5 Å². The van der Waals surface area contributed by atoms with Crippen molar-refractivity contribution in [2.45, 2.75) is 13.5 Å². The van der Waals surface area contributed by atoms with Gasteiger partial charge in [0.15, 0.2) is 0 Å². The summed E-state index contributed by atoms with van der Waals surface area (Å²) in [4.78, 5) is 23.3. The average molecular weight is 456 g/mol. The first kappa shape index (κ1) is 18.7. The van der Waals surface area contributed by atoms with Gasteiger partial charge in [0.05, 0.1) is 23.5 Å². The minimum absolute atomic E-state index is 0.0763. The highest BCUT2D eigenvalue weighted by Gasteiger charge is 2.26. The van der Waals surface area contributed by atoms with Crippen molar-refractivity contribution in [3.8, 4) is 17.1 Å². The van der Waals surface area contributed by atoms with Crippen LogP contribution in [0.1, 0.15) is 22.4 Å². The zero-order valence-electron chi connectivity index (χ0n) is 16.3. The van der Waals surface area contributed by atoms with Crippen molar-refractivity contribution in [2.75, 3.05) is 0 Å². The predicted molar refractivity (Wildman–Crippen MR) is 123 cm³/mol. The second-order valence-electron chi connectivity index (χ2n) is 7.28. The van der Waals surface area contributed by atoms with Gasteiger partial charge in [-0.2, -0.15) is 0 Å². The molecule has 30 heavy (non-hydrogen) atoms. The van der Waals surface area contributed by atoms with Crippen LogP contribution in [-0.2, 0) is 6.54 Å². The van der Waals surface area contributed by atoms with Gasteiger partial charge in [-0.05, 0) is 31.2 Å². The Bertz CT molecular complexity index is 1320. The first-order valence-corrected chi connectivity index (χ1v) is 10.5. The molecule has 146 valence electrons. The summed E-state index contributed by atoms with van der Waals surface area (Å²) in [5.74, 6) is 0.617. The molecule has 2 heterocycles. The average Bonchev–Trinajstić information content (AvgIpc) is 3.20. The SMILES string of the molecule is Cc1ccc(-c2nc3c(c(=O)n2-c2ccc(Br)cc2)CN=C3c2ccccc2)cc1. The summed E-state index contributed by atoms with van der Waals surface area (Å²) in [6.45, 7) is 2.39. The fraction of sp³-hybridized carbons (Fsp3) is 0.0800. The van der Waals surface area contributed by atoms with E-state index >= 15 is 0 Å². The quantitative estimate of drug-likeness (QED) is 0.419. The van der Waals surface area contributed by atoms with Crippen molar-refractivity contribution >= 4 is 21.6 Å². The summed E-state index contributed by atoms with van der Waals surface area (Å²) in [6.07, 6.45) is 0. The smallest absolute Gasteiger partial charge is 0.264 e. The van der Waals surface area contributed by atoms with E-state index in [0.717, 1.165) is 32.6 Å². The molecule has 0 atom stereocenters. The van der Waals surface area contributed by atoms with E-state index in [4.69, 9.17) is 4.98 Å². The summed E-state index contributed by atoms with van der Waals surface area (Å²) in [5, 5.41) is 0. The lowest BCUT2D eigenvalue weighted by atomic mass is 10.0. The van der Waals surface area contributed by atoms with E-state index in [9.17, 15) is 4.79 Å². The zero-order valence-corrected chi connectivity index (χ0v) is 17.9. The van der Waals surface area contributed by atoms with Crippen LogP contribution in [0, 0.1) is 6.92 Å². The molecule has 4 aromatic rings. The molecule has 0 N–H and O–H groups in total. The number of aliphatic imine (C=N–C) groups is 1. The van der Waals surface area contributed by atoms with Crippen molar-refractivity contribution in [1.29, 1.82) is 0 Å². The number of halogens is 1. The number of benzene rings is 3. The highest BCUT2D eigenvalue weighted by atomic mass is 79.9. The van der Waals surface area contributed by atoms with Crippen LogP contribution in [0.3, 0.4) is 0 Å². The molecule has 0 unspecified atom stereocenters. The Balaban J connectivity index is 1.78. The van der Waals surface area contributed by atoms with Gasteiger partial charge in [-0.1, -0.05) is 76.1 Å². The van der Waals surface area contributed by atoms with Crippen molar-refractivity contribution in [3.05, 3.63) is 116 Å². The Morgan fingerprint density at radius 1 is 0.867 bits per heavy atom. The molecule has 0 saturated carbocycles. The molecule has 5 heteroatoms. The standard InChI is InChI=1S/C25H18BrN3O/c1-16-7-9-18(10-8-16)24-28-23-21(15-27-22(23)17-5-3-2-4-6-17)25(30)29(24)20-13-11-19(26)12-14-20/h2-14H,15H2,1H3. The number of rotatable bonds is 3. The minimum Gasteiger partial charge on any atom is -0.277 e. The maximum atomic E-state index is 13.6. The molecular formula is C25H18BrN3O. The third-order valence-corrected chi connectivity index (χ3v) is 5.77. The fourth-order valence-corrected chi connectivity index (χ4v) is 3.94. The van der Waals surface area contributed by atoms with Gasteiger partial charge in [0, 0.05) is 15.6 Å². The maximum absolute atomic E-state index is 13.6. The first-order valence-electron chi connectivity index (χ1n) is 9.71. The maximum Gasteiger partial charge on any atom is 0.264 e. The first-order chi connectivity index (χ1) is 14.6. The largest absolute Gasteiger partial charge is 0.277 e. The number of nitrogens with zero attached hydrogens (tertiary/aromatic N) is 3.